The van der Waals surface area contributed by atoms with Gasteiger partial charge in [0, 0.05) is 64.0 Å². The minimum absolute atomic E-state index is 0.372. The molecule has 2 atom stereocenters. The van der Waals surface area contributed by atoms with Crippen molar-refractivity contribution in [2.24, 2.45) is 10.4 Å². The Morgan fingerprint density at radius 1 is 1.19 bits per heavy atom. The summed E-state index contributed by atoms with van der Waals surface area (Å²) in [7, 11) is 1.78. The Morgan fingerprint density at radius 2 is 1.96 bits per heavy atom. The monoisotopic (exact) mass is 380 g/mol. The molecule has 1 aliphatic heterocycles. The summed E-state index contributed by atoms with van der Waals surface area (Å²) in [5.41, 5.74) is 0.372. The van der Waals surface area contributed by atoms with E-state index in [2.05, 4.69) is 29.4 Å². The molecule has 6 nitrogen and oxygen atoms in total. The molecule has 0 aromatic carbocycles. The molecule has 2 N–H and O–H groups in total. The lowest BCUT2D eigenvalue weighted by Crippen LogP contribution is -2.69. The largest absolute Gasteiger partial charge is 0.385 e. The molecule has 2 aliphatic carbocycles. The molecule has 3 rings (SSSR count). The molecule has 6 heteroatoms. The topological polar surface area (TPSA) is 58.1 Å². The standard InChI is InChI=1S/C21H40N4O2/c1-4-22-20(23-17-8-13-25(14-9-17)12-7-15-26-3)24-18-16-19(27-5-2)21(18)10-6-11-21/h17-19H,4-16H2,1-3H3,(H2,22,23,24). The Kier molecular flexibility index (Phi) is 7.79. The van der Waals surface area contributed by atoms with Crippen LogP contribution in [0.1, 0.15) is 58.8 Å². The predicted molar refractivity (Wildman–Crippen MR) is 110 cm³/mol. The van der Waals surface area contributed by atoms with E-state index in [0.29, 0.717) is 23.6 Å². The first-order valence-corrected chi connectivity index (χ1v) is 11.1. The van der Waals surface area contributed by atoms with Crippen molar-refractivity contribution < 1.29 is 9.47 Å². The summed E-state index contributed by atoms with van der Waals surface area (Å²) in [5, 5.41) is 7.49. The summed E-state index contributed by atoms with van der Waals surface area (Å²) < 4.78 is 11.2. The third kappa shape index (κ3) is 4.96. The number of ether oxygens (including phenoxy) is 2. The van der Waals surface area contributed by atoms with Gasteiger partial charge in [0.15, 0.2) is 5.96 Å². The molecule has 1 heterocycles. The van der Waals surface area contributed by atoms with Gasteiger partial charge in [-0.3, -0.25) is 4.99 Å². The number of guanidine groups is 1. The van der Waals surface area contributed by atoms with Gasteiger partial charge in [0.25, 0.3) is 0 Å². The fraction of sp³-hybridized carbons (Fsp3) is 0.952. The van der Waals surface area contributed by atoms with Gasteiger partial charge in [-0.2, -0.15) is 0 Å². The van der Waals surface area contributed by atoms with E-state index in [4.69, 9.17) is 14.5 Å². The van der Waals surface area contributed by atoms with Crippen LogP contribution in [0.3, 0.4) is 0 Å². The molecule has 3 aliphatic rings. The van der Waals surface area contributed by atoms with E-state index in [9.17, 15) is 0 Å². The van der Waals surface area contributed by atoms with Gasteiger partial charge in [-0.15, -0.1) is 0 Å². The van der Waals surface area contributed by atoms with Crippen LogP contribution in [0.2, 0.25) is 0 Å². The van der Waals surface area contributed by atoms with Gasteiger partial charge in [-0.25, -0.2) is 0 Å². The second-order valence-corrected chi connectivity index (χ2v) is 8.39. The highest BCUT2D eigenvalue weighted by molar-refractivity contribution is 5.80. The summed E-state index contributed by atoms with van der Waals surface area (Å²) in [4.78, 5) is 7.30. The smallest absolute Gasteiger partial charge is 0.191 e. The van der Waals surface area contributed by atoms with Crippen molar-refractivity contribution in [3.8, 4) is 0 Å². The first kappa shape index (κ1) is 20.9. The third-order valence-electron chi connectivity index (χ3n) is 6.82. The normalized spacial score (nSPS) is 28.6. The fourth-order valence-corrected chi connectivity index (χ4v) is 5.02. The molecule has 0 amide bonds. The van der Waals surface area contributed by atoms with Crippen molar-refractivity contribution in [3.63, 3.8) is 0 Å². The Balaban J connectivity index is 1.45. The Morgan fingerprint density at radius 3 is 2.56 bits per heavy atom. The van der Waals surface area contributed by atoms with Gasteiger partial charge in [-0.05, 0) is 52.4 Å². The molecule has 1 spiro atoms. The molecule has 2 saturated carbocycles. The lowest BCUT2D eigenvalue weighted by molar-refractivity contribution is -0.168. The molecule has 2 unspecified atom stereocenters. The number of hydrogen-bond donors (Lipinski definition) is 2. The van der Waals surface area contributed by atoms with Crippen LogP contribution in [0.25, 0.3) is 0 Å². The Bertz CT molecular complexity index is 473. The van der Waals surface area contributed by atoms with Crippen molar-refractivity contribution in [3.05, 3.63) is 0 Å². The summed E-state index contributed by atoms with van der Waals surface area (Å²) in [6, 6.07) is 1.05. The van der Waals surface area contributed by atoms with Gasteiger partial charge in [0.05, 0.1) is 6.10 Å². The highest BCUT2D eigenvalue weighted by Crippen LogP contribution is 2.57. The van der Waals surface area contributed by atoms with Crippen LogP contribution in [0.5, 0.6) is 0 Å². The maximum Gasteiger partial charge on any atom is 0.191 e. The molecule has 27 heavy (non-hydrogen) atoms. The van der Waals surface area contributed by atoms with Gasteiger partial charge in [0.2, 0.25) is 0 Å². The average Bonchev–Trinajstić information content (AvgIpc) is 2.61. The van der Waals surface area contributed by atoms with Crippen LogP contribution in [0, 0.1) is 5.41 Å². The second kappa shape index (κ2) is 10.1. The van der Waals surface area contributed by atoms with E-state index < -0.39 is 0 Å². The van der Waals surface area contributed by atoms with E-state index in [1.54, 1.807) is 7.11 Å². The van der Waals surface area contributed by atoms with Crippen molar-refractivity contribution in [1.29, 1.82) is 0 Å². The first-order valence-electron chi connectivity index (χ1n) is 11.1. The maximum absolute atomic E-state index is 5.99. The molecule has 0 bridgehead atoms. The van der Waals surface area contributed by atoms with Crippen LogP contribution in [-0.2, 0) is 9.47 Å². The van der Waals surface area contributed by atoms with Crippen molar-refractivity contribution in [2.45, 2.75) is 77.0 Å². The highest BCUT2D eigenvalue weighted by atomic mass is 16.5. The summed E-state index contributed by atoms with van der Waals surface area (Å²) in [6.07, 6.45) is 9.02. The minimum Gasteiger partial charge on any atom is -0.385 e. The number of piperidine rings is 1. The lowest BCUT2D eigenvalue weighted by atomic mass is 9.51. The molecule has 1 saturated heterocycles. The van der Waals surface area contributed by atoms with Crippen LogP contribution in [-0.4, -0.2) is 75.5 Å². The predicted octanol–water partition coefficient (Wildman–Crippen LogP) is 2.39. The van der Waals surface area contributed by atoms with Gasteiger partial charge in [-0.1, -0.05) is 6.42 Å². The molecule has 0 radical (unpaired) electrons. The number of likely N-dealkylation sites (tertiary alicyclic amines) is 1. The van der Waals surface area contributed by atoms with Crippen LogP contribution < -0.4 is 10.6 Å². The molecule has 0 aromatic rings. The maximum atomic E-state index is 5.99. The van der Waals surface area contributed by atoms with Gasteiger partial charge >= 0.3 is 0 Å². The molecule has 3 fully saturated rings. The second-order valence-electron chi connectivity index (χ2n) is 8.39. The number of rotatable bonds is 9. The lowest BCUT2D eigenvalue weighted by Gasteiger charge is -2.61. The average molecular weight is 381 g/mol. The van der Waals surface area contributed by atoms with Gasteiger partial charge < -0.3 is 25.0 Å². The number of methoxy groups -OCH3 is 1. The highest BCUT2D eigenvalue weighted by Gasteiger charge is 2.59. The van der Waals surface area contributed by atoms with E-state index in [1.165, 1.54) is 45.2 Å². The Labute approximate surface area is 165 Å². The summed E-state index contributed by atoms with van der Waals surface area (Å²) >= 11 is 0. The number of nitrogens with zero attached hydrogens (tertiary/aromatic N) is 2. The van der Waals surface area contributed by atoms with Crippen LogP contribution >= 0.6 is 0 Å². The summed E-state index contributed by atoms with van der Waals surface area (Å²) in [6.45, 7) is 10.2. The zero-order chi connectivity index (χ0) is 19.1. The van der Waals surface area contributed by atoms with Crippen molar-refractivity contribution in [2.75, 3.05) is 46.5 Å². The van der Waals surface area contributed by atoms with Gasteiger partial charge in [0.1, 0.15) is 0 Å². The fourth-order valence-electron chi connectivity index (χ4n) is 5.02. The van der Waals surface area contributed by atoms with Crippen LogP contribution in [0.4, 0.5) is 0 Å². The number of aliphatic imine (C=N–C) groups is 1. The zero-order valence-corrected chi connectivity index (χ0v) is 17.6. The zero-order valence-electron chi connectivity index (χ0n) is 17.6. The quantitative estimate of drug-likeness (QED) is 0.365. The van der Waals surface area contributed by atoms with Crippen molar-refractivity contribution in [1.82, 2.24) is 15.5 Å². The Hall–Kier alpha value is -0.850. The van der Waals surface area contributed by atoms with Crippen LogP contribution in [0.15, 0.2) is 4.99 Å². The van der Waals surface area contributed by atoms with E-state index in [0.717, 1.165) is 45.1 Å². The number of hydrogen-bond acceptors (Lipinski definition) is 4. The molecule has 156 valence electrons. The molecular weight excluding hydrogens is 340 g/mol. The summed E-state index contributed by atoms with van der Waals surface area (Å²) in [5.74, 6) is 1.02. The minimum atomic E-state index is 0.372. The first-order chi connectivity index (χ1) is 13.2. The van der Waals surface area contributed by atoms with E-state index >= 15 is 0 Å². The molecular formula is C21H40N4O2. The SMILES string of the molecule is CCN=C(NC1CCN(CCCOC)CC1)NC1CC(OCC)C12CCC2. The van der Waals surface area contributed by atoms with Crippen molar-refractivity contribution >= 4 is 5.96 Å². The number of nitrogens with one attached hydrogen (secondary N) is 2. The third-order valence-corrected chi connectivity index (χ3v) is 6.82. The molecule has 0 aromatic heterocycles. The van der Waals surface area contributed by atoms with E-state index in [1.807, 2.05) is 0 Å². The van der Waals surface area contributed by atoms with E-state index in [-0.39, 0.29) is 0 Å².